The summed E-state index contributed by atoms with van der Waals surface area (Å²) in [6.07, 6.45) is 5.44. The number of rotatable bonds is 4. The van der Waals surface area contributed by atoms with Gasteiger partial charge in [0, 0.05) is 39.3 Å². The summed E-state index contributed by atoms with van der Waals surface area (Å²) in [5.74, 6) is 1.33. The van der Waals surface area contributed by atoms with E-state index >= 15 is 0 Å². The van der Waals surface area contributed by atoms with Crippen molar-refractivity contribution in [2.24, 2.45) is 11.8 Å². The molecule has 3 heteroatoms. The lowest BCUT2D eigenvalue weighted by atomic mass is 9.91. The second-order valence-electron chi connectivity index (χ2n) is 5.04. The van der Waals surface area contributed by atoms with Gasteiger partial charge in [-0.3, -0.25) is 0 Å². The number of aliphatic hydroxyl groups is 1. The molecule has 0 radical (unpaired) electrons. The lowest BCUT2D eigenvalue weighted by Crippen LogP contribution is -2.46. The molecule has 2 fully saturated rings. The Hall–Kier alpha value is -0.120. The smallest absolute Gasteiger partial charge is 0.0474 e. The quantitative estimate of drug-likeness (QED) is 0.720. The van der Waals surface area contributed by atoms with Crippen molar-refractivity contribution in [2.45, 2.75) is 25.7 Å². The maximum Gasteiger partial charge on any atom is 0.0474 e. The lowest BCUT2D eigenvalue weighted by molar-refractivity contribution is 0.115. The summed E-state index contributed by atoms with van der Waals surface area (Å²) in [4.78, 5) is 2.51. The number of aliphatic hydroxyl groups excluding tert-OH is 1. The Bertz CT molecular complexity index is 174. The Balaban J connectivity index is 1.78. The van der Waals surface area contributed by atoms with Gasteiger partial charge in [-0.1, -0.05) is 25.7 Å². The molecule has 0 aromatic heterocycles. The zero-order valence-corrected chi connectivity index (χ0v) is 9.62. The number of nitrogens with zero attached hydrogens (tertiary/aromatic N) is 1. The van der Waals surface area contributed by atoms with Gasteiger partial charge in [-0.05, 0) is 11.8 Å². The molecule has 0 aromatic carbocycles. The average molecular weight is 212 g/mol. The number of nitrogens with one attached hydrogen (secondary N) is 1. The molecule has 1 aliphatic heterocycles. The lowest BCUT2D eigenvalue weighted by Gasteiger charge is -2.32. The third-order valence-corrected chi connectivity index (χ3v) is 4.00. The number of piperazine rings is 1. The van der Waals surface area contributed by atoms with E-state index in [0.29, 0.717) is 12.5 Å². The van der Waals surface area contributed by atoms with E-state index in [1.54, 1.807) is 0 Å². The molecule has 0 aromatic rings. The van der Waals surface area contributed by atoms with Gasteiger partial charge in [0.2, 0.25) is 0 Å². The van der Waals surface area contributed by atoms with Crippen molar-refractivity contribution in [3.05, 3.63) is 0 Å². The topological polar surface area (TPSA) is 35.5 Å². The fraction of sp³-hybridized carbons (Fsp3) is 1.00. The van der Waals surface area contributed by atoms with E-state index in [-0.39, 0.29) is 0 Å². The van der Waals surface area contributed by atoms with Gasteiger partial charge in [0.25, 0.3) is 0 Å². The van der Waals surface area contributed by atoms with E-state index < -0.39 is 0 Å². The first-order chi connectivity index (χ1) is 7.40. The standard InChI is InChI=1S/C12H24N2O/c15-10-12(11-3-1-2-4-11)9-14-7-5-13-6-8-14/h11-13,15H,1-10H2. The summed E-state index contributed by atoms with van der Waals surface area (Å²) in [6.45, 7) is 6.04. The Labute approximate surface area is 92.8 Å². The van der Waals surface area contributed by atoms with E-state index in [9.17, 15) is 5.11 Å². The second kappa shape index (κ2) is 5.83. The molecule has 88 valence electrons. The highest BCUT2D eigenvalue weighted by atomic mass is 16.3. The summed E-state index contributed by atoms with van der Waals surface area (Å²) in [5, 5.41) is 12.8. The summed E-state index contributed by atoms with van der Waals surface area (Å²) < 4.78 is 0. The van der Waals surface area contributed by atoms with E-state index in [0.717, 1.165) is 38.6 Å². The van der Waals surface area contributed by atoms with Gasteiger partial charge in [-0.25, -0.2) is 0 Å². The van der Waals surface area contributed by atoms with Crippen LogP contribution in [0.1, 0.15) is 25.7 Å². The normalized spacial score (nSPS) is 27.0. The van der Waals surface area contributed by atoms with Crippen LogP contribution in [0.15, 0.2) is 0 Å². The van der Waals surface area contributed by atoms with Crippen molar-refractivity contribution >= 4 is 0 Å². The molecule has 2 N–H and O–H groups in total. The molecule has 0 spiro atoms. The second-order valence-corrected chi connectivity index (χ2v) is 5.04. The monoisotopic (exact) mass is 212 g/mol. The minimum atomic E-state index is 0.384. The van der Waals surface area contributed by atoms with Crippen molar-refractivity contribution < 1.29 is 5.11 Å². The summed E-state index contributed by atoms with van der Waals surface area (Å²) in [7, 11) is 0. The molecule has 1 atom stereocenters. The van der Waals surface area contributed by atoms with Gasteiger partial charge < -0.3 is 15.3 Å². The molecule has 1 heterocycles. The maximum absolute atomic E-state index is 9.47. The third-order valence-electron chi connectivity index (χ3n) is 4.00. The van der Waals surface area contributed by atoms with Crippen molar-refractivity contribution in [1.82, 2.24) is 10.2 Å². The molecule has 1 saturated heterocycles. The van der Waals surface area contributed by atoms with Crippen molar-refractivity contribution in [3.63, 3.8) is 0 Å². The summed E-state index contributed by atoms with van der Waals surface area (Å²) in [5.41, 5.74) is 0. The molecule has 1 aliphatic carbocycles. The average Bonchev–Trinajstić information content (AvgIpc) is 2.81. The summed E-state index contributed by atoms with van der Waals surface area (Å²) in [6, 6.07) is 0. The zero-order chi connectivity index (χ0) is 10.5. The van der Waals surface area contributed by atoms with Gasteiger partial charge in [-0.2, -0.15) is 0 Å². The predicted molar refractivity (Wildman–Crippen MR) is 61.8 cm³/mol. The molecule has 3 nitrogen and oxygen atoms in total. The highest BCUT2D eigenvalue weighted by Gasteiger charge is 2.26. The van der Waals surface area contributed by atoms with Crippen LogP contribution in [0.3, 0.4) is 0 Å². The van der Waals surface area contributed by atoms with Crippen LogP contribution < -0.4 is 5.32 Å². The molecule has 2 aliphatic rings. The Morgan fingerprint density at radius 3 is 2.47 bits per heavy atom. The SMILES string of the molecule is OCC(CN1CCNCC1)C1CCCC1. The van der Waals surface area contributed by atoms with Gasteiger partial charge in [0.15, 0.2) is 0 Å². The molecule has 1 unspecified atom stereocenters. The third kappa shape index (κ3) is 3.16. The van der Waals surface area contributed by atoms with Crippen LogP contribution in [0.4, 0.5) is 0 Å². The van der Waals surface area contributed by atoms with Crippen molar-refractivity contribution in [2.75, 3.05) is 39.3 Å². The minimum Gasteiger partial charge on any atom is -0.396 e. The zero-order valence-electron chi connectivity index (χ0n) is 9.62. The Morgan fingerprint density at radius 1 is 1.20 bits per heavy atom. The van der Waals surface area contributed by atoms with Crippen molar-refractivity contribution in [3.8, 4) is 0 Å². The van der Waals surface area contributed by atoms with E-state index in [4.69, 9.17) is 0 Å². The number of hydrogen-bond donors (Lipinski definition) is 2. The molecule has 2 rings (SSSR count). The molecule has 15 heavy (non-hydrogen) atoms. The van der Waals surface area contributed by atoms with Gasteiger partial charge in [0.05, 0.1) is 0 Å². The van der Waals surface area contributed by atoms with Crippen LogP contribution in [-0.4, -0.2) is 49.3 Å². The van der Waals surface area contributed by atoms with Crippen LogP contribution >= 0.6 is 0 Å². The fourth-order valence-corrected chi connectivity index (χ4v) is 3.01. The first-order valence-corrected chi connectivity index (χ1v) is 6.44. The van der Waals surface area contributed by atoms with Crippen molar-refractivity contribution in [1.29, 1.82) is 0 Å². The van der Waals surface area contributed by atoms with Gasteiger partial charge in [-0.15, -0.1) is 0 Å². The highest BCUT2D eigenvalue weighted by Crippen LogP contribution is 2.31. The first kappa shape index (κ1) is 11.4. The summed E-state index contributed by atoms with van der Waals surface area (Å²) >= 11 is 0. The van der Waals surface area contributed by atoms with E-state index in [1.807, 2.05) is 0 Å². The van der Waals surface area contributed by atoms with Crippen LogP contribution in [0.5, 0.6) is 0 Å². The first-order valence-electron chi connectivity index (χ1n) is 6.44. The molecule has 0 bridgehead atoms. The van der Waals surface area contributed by atoms with Crippen LogP contribution in [-0.2, 0) is 0 Å². The molecule has 0 amide bonds. The van der Waals surface area contributed by atoms with Crippen LogP contribution in [0.25, 0.3) is 0 Å². The van der Waals surface area contributed by atoms with E-state index in [2.05, 4.69) is 10.2 Å². The van der Waals surface area contributed by atoms with Crippen LogP contribution in [0.2, 0.25) is 0 Å². The van der Waals surface area contributed by atoms with Gasteiger partial charge >= 0.3 is 0 Å². The number of hydrogen-bond acceptors (Lipinski definition) is 3. The van der Waals surface area contributed by atoms with Crippen LogP contribution in [0, 0.1) is 11.8 Å². The van der Waals surface area contributed by atoms with E-state index in [1.165, 1.54) is 25.7 Å². The predicted octanol–water partition coefficient (Wildman–Crippen LogP) is 0.690. The Morgan fingerprint density at radius 2 is 1.87 bits per heavy atom. The largest absolute Gasteiger partial charge is 0.396 e. The molecular formula is C12H24N2O. The fourth-order valence-electron chi connectivity index (χ4n) is 3.01. The maximum atomic E-state index is 9.47. The minimum absolute atomic E-state index is 0.384. The highest BCUT2D eigenvalue weighted by molar-refractivity contribution is 4.79. The molecular weight excluding hydrogens is 188 g/mol. The Kier molecular flexibility index (Phi) is 4.42. The molecule has 1 saturated carbocycles. The van der Waals surface area contributed by atoms with Gasteiger partial charge in [0.1, 0.15) is 0 Å².